The van der Waals surface area contributed by atoms with E-state index in [1.807, 2.05) is 37.3 Å². The number of aromatic nitrogens is 4. The Morgan fingerprint density at radius 1 is 1.13 bits per heavy atom. The summed E-state index contributed by atoms with van der Waals surface area (Å²) in [6, 6.07) is 15.3. The minimum absolute atomic E-state index is 0.120. The largest absolute Gasteiger partial charge is 0.350 e. The Labute approximate surface area is 171 Å². The lowest BCUT2D eigenvalue weighted by atomic mass is 10.1. The van der Waals surface area contributed by atoms with E-state index < -0.39 is 0 Å². The van der Waals surface area contributed by atoms with Gasteiger partial charge in [0.05, 0.1) is 24.3 Å². The van der Waals surface area contributed by atoms with E-state index in [2.05, 4.69) is 15.4 Å². The summed E-state index contributed by atoms with van der Waals surface area (Å²) < 4.78 is 16.0. The fraction of sp³-hybridized carbons (Fsp3) is 0.182. The average Bonchev–Trinajstić information content (AvgIpc) is 3.19. The molecule has 0 radical (unpaired) electrons. The molecular weight excluding hydrogens is 385 g/mol. The van der Waals surface area contributed by atoms with E-state index in [-0.39, 0.29) is 36.3 Å². The van der Waals surface area contributed by atoms with E-state index in [1.54, 1.807) is 12.1 Å². The molecule has 0 aliphatic rings. The van der Waals surface area contributed by atoms with Crippen LogP contribution in [0.15, 0.2) is 71.9 Å². The van der Waals surface area contributed by atoms with Crippen LogP contribution in [0.25, 0.3) is 16.7 Å². The van der Waals surface area contributed by atoms with E-state index in [0.29, 0.717) is 16.7 Å². The molecule has 0 unspecified atom stereocenters. The van der Waals surface area contributed by atoms with Crippen molar-refractivity contribution in [3.05, 3.63) is 88.9 Å². The maximum atomic E-state index is 13.2. The normalized spacial score (nSPS) is 12.1. The first kappa shape index (κ1) is 19.5. The number of fused-ring (bicyclic) bond motifs is 1. The lowest BCUT2D eigenvalue weighted by Crippen LogP contribution is -2.29. The first-order chi connectivity index (χ1) is 14.5. The molecule has 2 aromatic heterocycles. The van der Waals surface area contributed by atoms with Gasteiger partial charge in [0.15, 0.2) is 5.65 Å². The van der Waals surface area contributed by atoms with Gasteiger partial charge in [0, 0.05) is 13.0 Å². The number of hydrogen-bond donors (Lipinski definition) is 1. The molecular formula is C22H20FN5O2. The van der Waals surface area contributed by atoms with Crippen LogP contribution in [-0.4, -0.2) is 25.2 Å². The van der Waals surface area contributed by atoms with Gasteiger partial charge in [0.1, 0.15) is 11.2 Å². The molecule has 0 saturated heterocycles. The summed E-state index contributed by atoms with van der Waals surface area (Å²) in [6.07, 6.45) is 2.98. The van der Waals surface area contributed by atoms with Crippen LogP contribution in [-0.2, 0) is 11.3 Å². The molecule has 0 spiro atoms. The fourth-order valence-electron chi connectivity index (χ4n) is 3.24. The second kappa shape index (κ2) is 8.28. The monoisotopic (exact) mass is 405 g/mol. The topological polar surface area (TPSA) is 81.8 Å². The van der Waals surface area contributed by atoms with Gasteiger partial charge in [-0.1, -0.05) is 30.3 Å². The van der Waals surface area contributed by atoms with Crippen molar-refractivity contribution in [2.75, 3.05) is 0 Å². The van der Waals surface area contributed by atoms with Gasteiger partial charge in [-0.15, -0.1) is 0 Å². The summed E-state index contributed by atoms with van der Waals surface area (Å²) in [5.74, 6) is -0.509. The van der Waals surface area contributed by atoms with Gasteiger partial charge >= 0.3 is 0 Å². The first-order valence-electron chi connectivity index (χ1n) is 9.56. The van der Waals surface area contributed by atoms with E-state index in [4.69, 9.17) is 0 Å². The van der Waals surface area contributed by atoms with Crippen molar-refractivity contribution in [3.8, 4) is 5.69 Å². The van der Waals surface area contributed by atoms with Crippen LogP contribution >= 0.6 is 0 Å². The highest BCUT2D eigenvalue weighted by Gasteiger charge is 2.13. The molecule has 1 N–H and O–H groups in total. The molecule has 0 aliphatic carbocycles. The fourth-order valence-corrected chi connectivity index (χ4v) is 3.24. The summed E-state index contributed by atoms with van der Waals surface area (Å²) in [5.41, 5.74) is 1.71. The quantitative estimate of drug-likeness (QED) is 0.535. The highest BCUT2D eigenvalue weighted by Crippen LogP contribution is 2.14. The molecule has 0 saturated carbocycles. The van der Waals surface area contributed by atoms with Crippen molar-refractivity contribution in [2.24, 2.45) is 0 Å². The Kier molecular flexibility index (Phi) is 5.38. The Morgan fingerprint density at radius 2 is 1.87 bits per heavy atom. The first-order valence-corrected chi connectivity index (χ1v) is 9.56. The number of benzene rings is 2. The number of rotatable bonds is 6. The molecule has 2 aromatic carbocycles. The molecule has 8 heteroatoms. The Balaban J connectivity index is 1.47. The van der Waals surface area contributed by atoms with Gasteiger partial charge < -0.3 is 5.32 Å². The molecule has 4 rings (SSSR count). The summed E-state index contributed by atoms with van der Waals surface area (Å²) in [7, 11) is 0. The zero-order valence-electron chi connectivity index (χ0n) is 16.3. The van der Waals surface area contributed by atoms with Crippen molar-refractivity contribution in [3.63, 3.8) is 0 Å². The SMILES string of the molecule is C[C@H](NC(=O)CCn1cnc2c(cnn2-c2ccc(F)cc2)c1=O)c1ccccc1. The van der Waals surface area contributed by atoms with E-state index in [0.717, 1.165) is 5.56 Å². The maximum absolute atomic E-state index is 13.2. The van der Waals surface area contributed by atoms with E-state index in [1.165, 1.54) is 33.9 Å². The number of halogens is 1. The zero-order valence-corrected chi connectivity index (χ0v) is 16.3. The second-order valence-corrected chi connectivity index (χ2v) is 6.96. The van der Waals surface area contributed by atoms with Crippen molar-refractivity contribution in [2.45, 2.75) is 25.9 Å². The summed E-state index contributed by atoms with van der Waals surface area (Å²) in [6.45, 7) is 2.12. The Hall–Kier alpha value is -3.81. The number of nitrogens with one attached hydrogen (secondary N) is 1. The minimum atomic E-state index is -0.356. The molecule has 0 bridgehead atoms. The van der Waals surface area contributed by atoms with Crippen LogP contribution in [0.4, 0.5) is 4.39 Å². The lowest BCUT2D eigenvalue weighted by molar-refractivity contribution is -0.121. The third-order valence-corrected chi connectivity index (χ3v) is 4.88. The molecule has 0 fully saturated rings. The molecule has 2 heterocycles. The minimum Gasteiger partial charge on any atom is -0.350 e. The van der Waals surface area contributed by atoms with Crippen molar-refractivity contribution < 1.29 is 9.18 Å². The highest BCUT2D eigenvalue weighted by atomic mass is 19.1. The summed E-state index contributed by atoms with van der Waals surface area (Å²) in [4.78, 5) is 29.4. The number of amides is 1. The number of carbonyl (C=O) groups is 1. The number of carbonyl (C=O) groups excluding carboxylic acids is 1. The zero-order chi connectivity index (χ0) is 21.1. The van der Waals surface area contributed by atoms with Crippen molar-refractivity contribution in [1.82, 2.24) is 24.6 Å². The standard InChI is InChI=1S/C22H20FN5O2/c1-15(16-5-3-2-4-6-16)26-20(29)11-12-27-14-24-21-19(22(27)30)13-25-28(21)18-9-7-17(23)8-10-18/h2-10,13-15H,11-12H2,1H3,(H,26,29)/t15-/m0/s1. The van der Waals surface area contributed by atoms with Crippen LogP contribution in [0.3, 0.4) is 0 Å². The lowest BCUT2D eigenvalue weighted by Gasteiger charge is -2.14. The highest BCUT2D eigenvalue weighted by molar-refractivity contribution is 5.77. The second-order valence-electron chi connectivity index (χ2n) is 6.96. The molecule has 152 valence electrons. The van der Waals surface area contributed by atoms with Crippen LogP contribution in [0, 0.1) is 5.82 Å². The van der Waals surface area contributed by atoms with Crippen LogP contribution in [0.1, 0.15) is 24.9 Å². The van der Waals surface area contributed by atoms with E-state index in [9.17, 15) is 14.0 Å². The smallest absolute Gasteiger partial charge is 0.264 e. The van der Waals surface area contributed by atoms with Gasteiger partial charge in [-0.3, -0.25) is 14.2 Å². The molecule has 1 amide bonds. The third-order valence-electron chi connectivity index (χ3n) is 4.88. The van der Waals surface area contributed by atoms with Crippen LogP contribution in [0.5, 0.6) is 0 Å². The molecule has 0 aliphatic heterocycles. The van der Waals surface area contributed by atoms with E-state index >= 15 is 0 Å². The summed E-state index contributed by atoms with van der Waals surface area (Å²) in [5, 5.41) is 7.47. The number of nitrogens with zero attached hydrogens (tertiary/aromatic N) is 4. The van der Waals surface area contributed by atoms with Crippen molar-refractivity contribution >= 4 is 16.9 Å². The third kappa shape index (κ3) is 3.98. The number of hydrogen-bond acceptors (Lipinski definition) is 4. The molecule has 30 heavy (non-hydrogen) atoms. The van der Waals surface area contributed by atoms with Gasteiger partial charge in [0.25, 0.3) is 5.56 Å². The van der Waals surface area contributed by atoms with Crippen LogP contribution < -0.4 is 10.9 Å². The van der Waals surface area contributed by atoms with Gasteiger partial charge in [-0.25, -0.2) is 14.1 Å². The van der Waals surface area contributed by atoms with Gasteiger partial charge in [0.2, 0.25) is 5.91 Å². The van der Waals surface area contributed by atoms with Gasteiger partial charge in [-0.05, 0) is 36.8 Å². The van der Waals surface area contributed by atoms with Crippen LogP contribution in [0.2, 0.25) is 0 Å². The molecule has 4 aromatic rings. The predicted molar refractivity (Wildman–Crippen MR) is 111 cm³/mol. The van der Waals surface area contributed by atoms with Crippen molar-refractivity contribution in [1.29, 1.82) is 0 Å². The van der Waals surface area contributed by atoms with Gasteiger partial charge in [-0.2, -0.15) is 5.10 Å². The average molecular weight is 405 g/mol. The molecule has 1 atom stereocenters. The predicted octanol–water partition coefficient (Wildman–Crippen LogP) is 2.99. The Morgan fingerprint density at radius 3 is 2.60 bits per heavy atom. The number of aryl methyl sites for hydroxylation is 1. The molecule has 7 nitrogen and oxygen atoms in total. The summed E-state index contributed by atoms with van der Waals surface area (Å²) >= 11 is 0. The Bertz CT molecular complexity index is 1230. The maximum Gasteiger partial charge on any atom is 0.264 e.